The Hall–Kier alpha value is -0.543. The number of hydrogen-bond donors (Lipinski definition) is 0. The van der Waals surface area contributed by atoms with E-state index in [9.17, 15) is 0 Å². The van der Waals surface area contributed by atoms with Gasteiger partial charge in [0.05, 0.1) is 0 Å². The monoisotopic (exact) mass is 379 g/mol. The minimum absolute atomic E-state index is 0.722. The predicted octanol–water partition coefficient (Wildman–Crippen LogP) is 6.60. The first-order valence-electron chi connectivity index (χ1n) is 8.52. The van der Waals surface area contributed by atoms with Crippen molar-refractivity contribution in [2.75, 3.05) is 5.33 Å². The third-order valence-electron chi connectivity index (χ3n) is 5.35. The van der Waals surface area contributed by atoms with Gasteiger partial charge in [-0.25, -0.2) is 0 Å². The normalized spacial score (nSPS) is 13.0. The highest BCUT2D eigenvalue weighted by Gasteiger charge is 2.45. The smallest absolute Gasteiger partial charge is 0.169 e. The highest BCUT2D eigenvalue weighted by Crippen LogP contribution is 2.44. The molecular weight excluding hydrogens is 350 g/mol. The molecule has 0 saturated heterocycles. The average Bonchev–Trinajstić information content (AvgIpc) is 2.79. The maximum absolute atomic E-state index is 3.62. The van der Waals surface area contributed by atoms with Gasteiger partial charge in [0.25, 0.3) is 0 Å². The van der Waals surface area contributed by atoms with E-state index >= 15 is 0 Å². The highest BCUT2D eigenvalue weighted by molar-refractivity contribution is 9.09. The fraction of sp³-hybridized carbons (Fsp3) is 0.579. The lowest BCUT2D eigenvalue weighted by Gasteiger charge is -2.44. The molecule has 0 unspecified atom stereocenters. The summed E-state index contributed by atoms with van der Waals surface area (Å²) in [5.74, 6) is 0. The van der Waals surface area contributed by atoms with Gasteiger partial charge in [-0.15, -0.1) is 0 Å². The second-order valence-electron chi connectivity index (χ2n) is 7.33. The Morgan fingerprint density at radius 2 is 1.50 bits per heavy atom. The van der Waals surface area contributed by atoms with E-state index in [1.807, 2.05) is 0 Å². The Labute approximate surface area is 145 Å². The predicted molar refractivity (Wildman–Crippen MR) is 106 cm³/mol. The summed E-state index contributed by atoms with van der Waals surface area (Å²) in [6, 6.07) is 8.98. The maximum Gasteiger partial charge on any atom is 0.169 e. The van der Waals surface area contributed by atoms with Crippen LogP contribution in [0.5, 0.6) is 0 Å². The van der Waals surface area contributed by atoms with E-state index < -0.39 is 8.24 Å². The van der Waals surface area contributed by atoms with Crippen LogP contribution in [0.2, 0.25) is 16.6 Å². The molecule has 1 aromatic heterocycles. The maximum atomic E-state index is 3.62. The number of halogens is 1. The lowest BCUT2D eigenvalue weighted by molar-refractivity contribution is 0.772. The van der Waals surface area contributed by atoms with Gasteiger partial charge in [-0.3, -0.25) is 0 Å². The van der Waals surface area contributed by atoms with Gasteiger partial charge in [-0.1, -0.05) is 75.7 Å². The first-order chi connectivity index (χ1) is 10.4. The zero-order valence-electron chi connectivity index (χ0n) is 14.9. The van der Waals surface area contributed by atoms with E-state index in [4.69, 9.17) is 0 Å². The Morgan fingerprint density at radius 1 is 0.955 bits per heavy atom. The standard InChI is InChI=1S/C19H30BrNSi/c1-14(2)22(15(3)4,16(5)6)21-13-17(11-12-20)18-9-7-8-10-19(18)21/h7-10,13-16H,11-12H2,1-6H3. The number of alkyl halides is 1. The van der Waals surface area contributed by atoms with E-state index in [-0.39, 0.29) is 0 Å². The molecule has 0 spiro atoms. The molecule has 0 N–H and O–H groups in total. The van der Waals surface area contributed by atoms with Crippen LogP contribution in [0.25, 0.3) is 10.9 Å². The zero-order valence-corrected chi connectivity index (χ0v) is 17.4. The van der Waals surface area contributed by atoms with Crippen LogP contribution in [-0.2, 0) is 6.42 Å². The second kappa shape index (κ2) is 6.92. The molecule has 0 atom stereocenters. The molecule has 0 fully saturated rings. The third kappa shape index (κ3) is 2.71. The average molecular weight is 380 g/mol. The number of hydrogen-bond acceptors (Lipinski definition) is 0. The van der Waals surface area contributed by atoms with Gasteiger partial charge in [-0.05, 0) is 40.9 Å². The number of rotatable bonds is 6. The van der Waals surface area contributed by atoms with Crippen molar-refractivity contribution in [2.24, 2.45) is 0 Å². The summed E-state index contributed by atoms with van der Waals surface area (Å²) in [6.07, 6.45) is 3.59. The van der Waals surface area contributed by atoms with Crippen LogP contribution in [0.4, 0.5) is 0 Å². The van der Waals surface area contributed by atoms with Crippen molar-refractivity contribution >= 4 is 35.1 Å². The fourth-order valence-corrected chi connectivity index (χ4v) is 11.8. The van der Waals surface area contributed by atoms with Crippen LogP contribution < -0.4 is 0 Å². The molecule has 122 valence electrons. The fourth-order valence-electron chi connectivity index (χ4n) is 4.71. The summed E-state index contributed by atoms with van der Waals surface area (Å²) in [5.41, 5.74) is 5.10. The van der Waals surface area contributed by atoms with E-state index in [1.54, 1.807) is 0 Å². The van der Waals surface area contributed by atoms with Gasteiger partial charge < -0.3 is 4.23 Å². The van der Waals surface area contributed by atoms with Gasteiger partial charge in [0.15, 0.2) is 8.24 Å². The van der Waals surface area contributed by atoms with Gasteiger partial charge in [0.1, 0.15) is 0 Å². The largest absolute Gasteiger partial charge is 0.373 e. The molecule has 0 aliphatic rings. The third-order valence-corrected chi connectivity index (χ3v) is 12.5. The van der Waals surface area contributed by atoms with Gasteiger partial charge >= 0.3 is 0 Å². The molecule has 2 rings (SSSR count). The SMILES string of the molecule is CC(C)[Si](C(C)C)(C(C)C)n1cc(CCBr)c2ccccc21. The quantitative estimate of drug-likeness (QED) is 0.393. The van der Waals surface area contributed by atoms with Gasteiger partial charge in [0, 0.05) is 16.2 Å². The number of aryl methyl sites for hydroxylation is 1. The number of fused-ring (bicyclic) bond motifs is 1. The minimum atomic E-state index is -1.67. The Bertz CT molecular complexity index is 606. The molecular formula is C19H30BrNSi. The van der Waals surface area contributed by atoms with Crippen molar-refractivity contribution < 1.29 is 0 Å². The molecule has 2 aromatic rings. The number of para-hydroxylation sites is 1. The van der Waals surface area contributed by atoms with Crippen LogP contribution in [-0.4, -0.2) is 17.8 Å². The first kappa shape index (κ1) is 17.8. The molecule has 1 aromatic carbocycles. The molecule has 1 nitrogen and oxygen atoms in total. The molecule has 0 amide bonds. The van der Waals surface area contributed by atoms with Crippen LogP contribution in [0.3, 0.4) is 0 Å². The van der Waals surface area contributed by atoms with Crippen molar-refractivity contribution in [2.45, 2.75) is 64.6 Å². The van der Waals surface area contributed by atoms with Gasteiger partial charge in [-0.2, -0.15) is 0 Å². The Balaban J connectivity index is 2.80. The number of benzene rings is 1. The lowest BCUT2D eigenvalue weighted by Crippen LogP contribution is -2.51. The topological polar surface area (TPSA) is 4.93 Å². The molecule has 22 heavy (non-hydrogen) atoms. The van der Waals surface area contributed by atoms with Crippen molar-refractivity contribution in [3.63, 3.8) is 0 Å². The number of aromatic nitrogens is 1. The van der Waals surface area contributed by atoms with Gasteiger partial charge in [0.2, 0.25) is 0 Å². The van der Waals surface area contributed by atoms with E-state index in [2.05, 4.69) is 92.2 Å². The second-order valence-corrected chi connectivity index (χ2v) is 13.8. The van der Waals surface area contributed by atoms with Crippen molar-refractivity contribution in [1.82, 2.24) is 4.23 Å². The minimum Gasteiger partial charge on any atom is -0.373 e. The zero-order chi connectivity index (χ0) is 16.5. The van der Waals surface area contributed by atoms with Crippen LogP contribution >= 0.6 is 15.9 Å². The van der Waals surface area contributed by atoms with Crippen molar-refractivity contribution in [1.29, 1.82) is 0 Å². The summed E-state index contributed by atoms with van der Waals surface area (Å²) < 4.78 is 2.74. The van der Waals surface area contributed by atoms with E-state index in [1.165, 1.54) is 16.5 Å². The lowest BCUT2D eigenvalue weighted by atomic mass is 10.1. The molecule has 3 heteroatoms. The molecule has 1 heterocycles. The van der Waals surface area contributed by atoms with E-state index in [0.717, 1.165) is 28.4 Å². The summed E-state index contributed by atoms with van der Waals surface area (Å²) in [6.45, 7) is 14.6. The molecule has 0 bridgehead atoms. The molecule has 0 radical (unpaired) electrons. The summed E-state index contributed by atoms with van der Waals surface area (Å²) in [4.78, 5) is 0. The molecule has 0 aliphatic heterocycles. The summed E-state index contributed by atoms with van der Waals surface area (Å²) >= 11 is 3.62. The summed E-state index contributed by atoms with van der Waals surface area (Å²) in [7, 11) is -1.67. The highest BCUT2D eigenvalue weighted by atomic mass is 79.9. The Morgan fingerprint density at radius 3 is 2.00 bits per heavy atom. The summed E-state index contributed by atoms with van der Waals surface area (Å²) in [5, 5.41) is 2.47. The van der Waals surface area contributed by atoms with Crippen LogP contribution in [0, 0.1) is 0 Å². The van der Waals surface area contributed by atoms with E-state index in [0.29, 0.717) is 0 Å². The van der Waals surface area contributed by atoms with Crippen molar-refractivity contribution in [3.8, 4) is 0 Å². The first-order valence-corrected chi connectivity index (χ1v) is 11.8. The van der Waals surface area contributed by atoms with Crippen molar-refractivity contribution in [3.05, 3.63) is 36.0 Å². The molecule has 0 saturated carbocycles. The number of nitrogens with zero attached hydrogens (tertiary/aromatic N) is 1. The Kier molecular flexibility index (Phi) is 5.60. The van der Waals surface area contributed by atoms with Crippen LogP contribution in [0.15, 0.2) is 30.5 Å². The van der Waals surface area contributed by atoms with Crippen LogP contribution in [0.1, 0.15) is 47.1 Å². The molecule has 0 aliphatic carbocycles.